The van der Waals surface area contributed by atoms with Crippen molar-refractivity contribution in [2.45, 2.75) is 72.8 Å². The summed E-state index contributed by atoms with van der Waals surface area (Å²) in [6, 6.07) is 0.897. The van der Waals surface area contributed by atoms with E-state index < -0.39 is 0 Å². The molecule has 106 valence electrons. The summed E-state index contributed by atoms with van der Waals surface area (Å²) in [7, 11) is 0. The molecule has 0 radical (unpaired) electrons. The third-order valence-corrected chi connectivity index (χ3v) is 5.33. The van der Waals surface area contributed by atoms with Crippen LogP contribution in [0.1, 0.15) is 66.7 Å². The Morgan fingerprint density at radius 2 is 1.33 bits per heavy atom. The van der Waals surface area contributed by atoms with Gasteiger partial charge in [-0.1, -0.05) is 34.6 Å². The average Bonchev–Trinajstić information content (AvgIpc) is 2.27. The summed E-state index contributed by atoms with van der Waals surface area (Å²) in [5.74, 6) is 2.77. The molecule has 0 aromatic carbocycles. The smallest absolute Gasteiger partial charge is 0.00956 e. The molecule has 1 saturated heterocycles. The molecule has 2 unspecified atom stereocenters. The molecule has 2 fully saturated rings. The van der Waals surface area contributed by atoms with Crippen LogP contribution in [0.25, 0.3) is 0 Å². The molecule has 0 spiro atoms. The molecule has 2 atom stereocenters. The Morgan fingerprint density at radius 1 is 0.833 bits per heavy atom. The highest BCUT2D eigenvalue weighted by Crippen LogP contribution is 2.39. The standard InChI is InChI=1S/C17H33N/c1-13-10-14(2)12-18(11-13)16-8-6-15(7-9-16)17(3,4)5/h13-16H,6-12H2,1-5H3. The number of nitrogens with zero attached hydrogens (tertiary/aromatic N) is 1. The van der Waals surface area contributed by atoms with Crippen molar-refractivity contribution in [1.29, 1.82) is 0 Å². The summed E-state index contributed by atoms with van der Waals surface area (Å²) in [5, 5.41) is 0. The summed E-state index contributed by atoms with van der Waals surface area (Å²) in [6.45, 7) is 14.8. The van der Waals surface area contributed by atoms with Gasteiger partial charge in [0, 0.05) is 19.1 Å². The molecule has 0 aromatic rings. The second-order valence-electron chi connectivity index (χ2n) is 8.27. The van der Waals surface area contributed by atoms with Gasteiger partial charge >= 0.3 is 0 Å². The van der Waals surface area contributed by atoms with Crippen molar-refractivity contribution in [2.75, 3.05) is 13.1 Å². The first-order chi connectivity index (χ1) is 8.36. The zero-order valence-corrected chi connectivity index (χ0v) is 13.2. The lowest BCUT2D eigenvalue weighted by atomic mass is 9.71. The van der Waals surface area contributed by atoms with Crippen LogP contribution in [-0.4, -0.2) is 24.0 Å². The molecule has 1 heteroatoms. The van der Waals surface area contributed by atoms with Gasteiger partial charge in [-0.25, -0.2) is 0 Å². The molecule has 2 rings (SSSR count). The fourth-order valence-corrected chi connectivity index (χ4v) is 4.32. The van der Waals surface area contributed by atoms with Gasteiger partial charge in [0.05, 0.1) is 0 Å². The van der Waals surface area contributed by atoms with Gasteiger partial charge in [0.2, 0.25) is 0 Å². The first kappa shape index (κ1) is 14.4. The van der Waals surface area contributed by atoms with Gasteiger partial charge in [0.1, 0.15) is 0 Å². The van der Waals surface area contributed by atoms with E-state index in [1.807, 2.05) is 0 Å². The lowest BCUT2D eigenvalue weighted by Crippen LogP contribution is -2.47. The number of likely N-dealkylation sites (tertiary alicyclic amines) is 1. The monoisotopic (exact) mass is 251 g/mol. The lowest BCUT2D eigenvalue weighted by molar-refractivity contribution is 0.0498. The molecule has 0 aromatic heterocycles. The maximum absolute atomic E-state index is 2.82. The van der Waals surface area contributed by atoms with Gasteiger partial charge in [0.15, 0.2) is 0 Å². The number of hydrogen-bond acceptors (Lipinski definition) is 1. The minimum absolute atomic E-state index is 0.521. The molecule has 0 N–H and O–H groups in total. The van der Waals surface area contributed by atoms with E-state index >= 15 is 0 Å². The van der Waals surface area contributed by atoms with Crippen LogP contribution in [0.2, 0.25) is 0 Å². The van der Waals surface area contributed by atoms with Crippen LogP contribution < -0.4 is 0 Å². The Kier molecular flexibility index (Phi) is 4.41. The van der Waals surface area contributed by atoms with E-state index in [2.05, 4.69) is 39.5 Å². The summed E-state index contributed by atoms with van der Waals surface area (Å²) >= 11 is 0. The number of piperidine rings is 1. The lowest BCUT2D eigenvalue weighted by Gasteiger charge is -2.45. The van der Waals surface area contributed by atoms with Crippen molar-refractivity contribution in [1.82, 2.24) is 4.90 Å². The minimum atomic E-state index is 0.521. The predicted molar refractivity (Wildman–Crippen MR) is 79.7 cm³/mol. The van der Waals surface area contributed by atoms with E-state index in [0.29, 0.717) is 5.41 Å². The summed E-state index contributed by atoms with van der Waals surface area (Å²) < 4.78 is 0. The van der Waals surface area contributed by atoms with Crippen LogP contribution in [-0.2, 0) is 0 Å². The SMILES string of the molecule is CC1CC(C)CN(C2CCC(C(C)(C)C)CC2)C1. The molecule has 18 heavy (non-hydrogen) atoms. The second kappa shape index (κ2) is 5.53. The summed E-state index contributed by atoms with van der Waals surface area (Å²) in [6.07, 6.45) is 7.23. The normalized spacial score (nSPS) is 39.8. The highest BCUT2D eigenvalue weighted by molar-refractivity contribution is 4.87. The third kappa shape index (κ3) is 3.50. The van der Waals surface area contributed by atoms with E-state index in [1.54, 1.807) is 0 Å². The molecule has 1 saturated carbocycles. The van der Waals surface area contributed by atoms with Crippen LogP contribution in [0.15, 0.2) is 0 Å². The molecule has 0 amide bonds. The Bertz CT molecular complexity index is 247. The maximum Gasteiger partial charge on any atom is 0.00956 e. The van der Waals surface area contributed by atoms with Crippen molar-refractivity contribution < 1.29 is 0 Å². The topological polar surface area (TPSA) is 3.24 Å². The largest absolute Gasteiger partial charge is 0.300 e. The molecular formula is C17H33N. The Balaban J connectivity index is 1.86. The Hall–Kier alpha value is -0.0400. The Morgan fingerprint density at radius 3 is 1.78 bits per heavy atom. The molecule has 1 heterocycles. The van der Waals surface area contributed by atoms with Crippen molar-refractivity contribution in [2.24, 2.45) is 23.2 Å². The predicted octanol–water partition coefficient (Wildman–Crippen LogP) is 4.57. The van der Waals surface area contributed by atoms with Gasteiger partial charge in [-0.15, -0.1) is 0 Å². The summed E-state index contributed by atoms with van der Waals surface area (Å²) in [5.41, 5.74) is 0.521. The van der Waals surface area contributed by atoms with E-state index in [-0.39, 0.29) is 0 Å². The van der Waals surface area contributed by atoms with Crippen LogP contribution in [0.4, 0.5) is 0 Å². The number of rotatable bonds is 1. The molecule has 1 aliphatic heterocycles. The van der Waals surface area contributed by atoms with Crippen LogP contribution in [0, 0.1) is 23.2 Å². The van der Waals surface area contributed by atoms with Gasteiger partial charge in [0.25, 0.3) is 0 Å². The minimum Gasteiger partial charge on any atom is -0.300 e. The molecule has 2 aliphatic rings. The zero-order valence-electron chi connectivity index (χ0n) is 13.2. The second-order valence-corrected chi connectivity index (χ2v) is 8.27. The van der Waals surface area contributed by atoms with E-state index in [4.69, 9.17) is 0 Å². The molecule has 1 aliphatic carbocycles. The molecule has 0 bridgehead atoms. The summed E-state index contributed by atoms with van der Waals surface area (Å²) in [4.78, 5) is 2.82. The van der Waals surface area contributed by atoms with Crippen LogP contribution >= 0.6 is 0 Å². The van der Waals surface area contributed by atoms with Crippen molar-refractivity contribution in [3.8, 4) is 0 Å². The highest BCUT2D eigenvalue weighted by Gasteiger charge is 2.34. The van der Waals surface area contributed by atoms with E-state index in [1.165, 1.54) is 45.2 Å². The molecule has 1 nitrogen and oxygen atoms in total. The quantitative estimate of drug-likeness (QED) is 0.660. The van der Waals surface area contributed by atoms with E-state index in [9.17, 15) is 0 Å². The molecular weight excluding hydrogens is 218 g/mol. The average molecular weight is 251 g/mol. The van der Waals surface area contributed by atoms with Crippen molar-refractivity contribution in [3.63, 3.8) is 0 Å². The highest BCUT2D eigenvalue weighted by atomic mass is 15.2. The zero-order chi connectivity index (χ0) is 13.3. The number of hydrogen-bond donors (Lipinski definition) is 0. The maximum atomic E-state index is 2.82. The Labute approximate surface area is 114 Å². The first-order valence-electron chi connectivity index (χ1n) is 8.10. The van der Waals surface area contributed by atoms with Gasteiger partial charge < -0.3 is 0 Å². The fraction of sp³-hybridized carbons (Fsp3) is 1.00. The van der Waals surface area contributed by atoms with Crippen LogP contribution in [0.5, 0.6) is 0 Å². The first-order valence-corrected chi connectivity index (χ1v) is 8.10. The van der Waals surface area contributed by atoms with Crippen molar-refractivity contribution in [3.05, 3.63) is 0 Å². The van der Waals surface area contributed by atoms with Gasteiger partial charge in [-0.3, -0.25) is 4.90 Å². The fourth-order valence-electron chi connectivity index (χ4n) is 4.32. The van der Waals surface area contributed by atoms with Gasteiger partial charge in [-0.2, -0.15) is 0 Å². The van der Waals surface area contributed by atoms with Crippen molar-refractivity contribution >= 4 is 0 Å². The van der Waals surface area contributed by atoms with E-state index in [0.717, 1.165) is 23.8 Å². The van der Waals surface area contributed by atoms with Gasteiger partial charge in [-0.05, 0) is 55.3 Å². The van der Waals surface area contributed by atoms with Crippen LogP contribution in [0.3, 0.4) is 0 Å². The third-order valence-electron chi connectivity index (χ3n) is 5.33.